The Balaban J connectivity index is 1.41. The van der Waals surface area contributed by atoms with Crippen molar-refractivity contribution in [1.29, 1.82) is 0 Å². The first-order valence-electron chi connectivity index (χ1n) is 11.2. The summed E-state index contributed by atoms with van der Waals surface area (Å²) in [5.41, 5.74) is 4.79. The van der Waals surface area contributed by atoms with Crippen molar-refractivity contribution >= 4 is 35.5 Å². The molecule has 0 saturated heterocycles. The van der Waals surface area contributed by atoms with Crippen molar-refractivity contribution in [3.63, 3.8) is 0 Å². The summed E-state index contributed by atoms with van der Waals surface area (Å²) in [6.07, 6.45) is 6.23. The van der Waals surface area contributed by atoms with Crippen molar-refractivity contribution in [2.24, 2.45) is 5.10 Å². The minimum absolute atomic E-state index is 0.0107. The first-order valence-corrected chi connectivity index (χ1v) is 11.2. The van der Waals surface area contributed by atoms with Gasteiger partial charge in [0.2, 0.25) is 0 Å². The summed E-state index contributed by atoms with van der Waals surface area (Å²) in [7, 11) is 0. The van der Waals surface area contributed by atoms with Crippen LogP contribution >= 0.6 is 0 Å². The van der Waals surface area contributed by atoms with Crippen LogP contribution in [0, 0.1) is 13.8 Å². The van der Waals surface area contributed by atoms with Crippen LogP contribution in [0.4, 0.5) is 5.69 Å². The second-order valence-electron chi connectivity index (χ2n) is 8.25. The van der Waals surface area contributed by atoms with Gasteiger partial charge in [0.05, 0.1) is 12.8 Å². The molecule has 1 aliphatic carbocycles. The summed E-state index contributed by atoms with van der Waals surface area (Å²) in [5, 5.41) is 11.5. The largest absolute Gasteiger partial charge is 0.458 e. The molecule has 1 aromatic carbocycles. The molecule has 10 heteroatoms. The fourth-order valence-corrected chi connectivity index (χ4v) is 3.52. The molecule has 10 nitrogen and oxygen atoms in total. The molecule has 0 aliphatic heterocycles. The van der Waals surface area contributed by atoms with E-state index < -0.39 is 23.6 Å². The Morgan fingerprint density at radius 1 is 0.941 bits per heavy atom. The van der Waals surface area contributed by atoms with Crippen molar-refractivity contribution in [1.82, 2.24) is 16.1 Å². The Labute approximate surface area is 197 Å². The number of rotatable bonds is 6. The lowest BCUT2D eigenvalue weighted by Gasteiger charge is -2.22. The van der Waals surface area contributed by atoms with E-state index in [4.69, 9.17) is 4.42 Å². The Morgan fingerprint density at radius 3 is 2.44 bits per heavy atom. The topological polar surface area (TPSA) is 142 Å². The maximum atomic E-state index is 12.1. The lowest BCUT2D eigenvalue weighted by Crippen LogP contribution is -2.44. The second kappa shape index (κ2) is 11.8. The van der Waals surface area contributed by atoms with E-state index in [0.29, 0.717) is 17.2 Å². The molecule has 3 rings (SSSR count). The lowest BCUT2D eigenvalue weighted by atomic mass is 9.95. The first-order chi connectivity index (χ1) is 16.3. The molecule has 180 valence electrons. The minimum atomic E-state index is -0.851. The summed E-state index contributed by atoms with van der Waals surface area (Å²) >= 11 is 0. The number of aryl methyl sites for hydroxylation is 2. The average Bonchev–Trinajstić information content (AvgIpc) is 3.28. The fraction of sp³-hybridized carbons (Fsp3) is 0.375. The molecule has 0 spiro atoms. The van der Waals surface area contributed by atoms with Crippen LogP contribution in [0.1, 0.15) is 54.8 Å². The zero-order chi connectivity index (χ0) is 24.5. The van der Waals surface area contributed by atoms with Crippen LogP contribution in [0.15, 0.2) is 39.9 Å². The van der Waals surface area contributed by atoms with Crippen LogP contribution in [0.3, 0.4) is 0 Å². The van der Waals surface area contributed by atoms with Crippen LogP contribution < -0.4 is 21.4 Å². The second-order valence-corrected chi connectivity index (χ2v) is 8.25. The molecular formula is C24H29N5O5. The zero-order valence-electron chi connectivity index (χ0n) is 19.3. The van der Waals surface area contributed by atoms with Crippen LogP contribution in [-0.4, -0.2) is 35.9 Å². The Kier molecular flexibility index (Phi) is 8.55. The highest BCUT2D eigenvalue weighted by atomic mass is 16.3. The maximum Gasteiger partial charge on any atom is 0.329 e. The van der Waals surface area contributed by atoms with Crippen molar-refractivity contribution in [2.75, 3.05) is 5.32 Å². The number of hydrogen-bond donors (Lipinski definition) is 4. The normalized spacial score (nSPS) is 13.9. The third kappa shape index (κ3) is 7.29. The molecule has 0 unspecified atom stereocenters. The number of carbonyl (C=O) groups excluding carboxylic acids is 4. The SMILES string of the molecule is Cc1ccc(NC(=O)C(=O)NCc2ccc(/C=N/NC(=O)C(=O)NC3CCCCC3)o2)cc1C. The van der Waals surface area contributed by atoms with Crippen LogP contribution in [-0.2, 0) is 25.7 Å². The fourth-order valence-electron chi connectivity index (χ4n) is 3.52. The maximum absolute atomic E-state index is 12.1. The monoisotopic (exact) mass is 467 g/mol. The number of hydrazone groups is 1. The number of furan rings is 1. The summed E-state index contributed by atoms with van der Waals surface area (Å²) < 4.78 is 5.48. The molecule has 0 bridgehead atoms. The molecule has 1 saturated carbocycles. The van der Waals surface area contributed by atoms with Gasteiger partial charge in [-0.05, 0) is 62.1 Å². The van der Waals surface area contributed by atoms with E-state index in [1.807, 2.05) is 19.9 Å². The Bertz CT molecular complexity index is 1090. The van der Waals surface area contributed by atoms with Gasteiger partial charge in [0, 0.05) is 11.7 Å². The quantitative estimate of drug-likeness (QED) is 0.292. The number of hydrogen-bond acceptors (Lipinski definition) is 6. The third-order valence-corrected chi connectivity index (χ3v) is 5.58. The summed E-state index contributed by atoms with van der Waals surface area (Å²) in [6, 6.07) is 8.58. The van der Waals surface area contributed by atoms with Crippen LogP contribution in [0.25, 0.3) is 0 Å². The smallest absolute Gasteiger partial charge is 0.329 e. The van der Waals surface area contributed by atoms with E-state index >= 15 is 0 Å². The molecule has 1 heterocycles. The van der Waals surface area contributed by atoms with Gasteiger partial charge in [-0.3, -0.25) is 19.2 Å². The molecule has 0 radical (unpaired) electrons. The van der Waals surface area contributed by atoms with Gasteiger partial charge in [0.1, 0.15) is 11.5 Å². The molecular weight excluding hydrogens is 438 g/mol. The van der Waals surface area contributed by atoms with Gasteiger partial charge in [-0.1, -0.05) is 25.3 Å². The van der Waals surface area contributed by atoms with E-state index in [0.717, 1.165) is 43.2 Å². The van der Waals surface area contributed by atoms with Gasteiger partial charge >= 0.3 is 23.6 Å². The predicted octanol–water partition coefficient (Wildman–Crippen LogP) is 2.05. The van der Waals surface area contributed by atoms with Gasteiger partial charge < -0.3 is 20.4 Å². The molecule has 34 heavy (non-hydrogen) atoms. The average molecular weight is 468 g/mol. The number of amides is 4. The molecule has 4 amide bonds. The van der Waals surface area contributed by atoms with Gasteiger partial charge in [-0.15, -0.1) is 0 Å². The Hall–Kier alpha value is -3.95. The third-order valence-electron chi connectivity index (χ3n) is 5.58. The first kappa shape index (κ1) is 24.7. The lowest BCUT2D eigenvalue weighted by molar-refractivity contribution is -0.139. The molecule has 1 aliphatic rings. The molecule has 2 aromatic rings. The van der Waals surface area contributed by atoms with E-state index in [1.165, 1.54) is 6.21 Å². The minimum Gasteiger partial charge on any atom is -0.458 e. The van der Waals surface area contributed by atoms with E-state index in [-0.39, 0.29) is 12.6 Å². The molecule has 1 fully saturated rings. The number of carbonyl (C=O) groups is 4. The molecule has 4 N–H and O–H groups in total. The van der Waals surface area contributed by atoms with Gasteiger partial charge in [-0.2, -0.15) is 5.10 Å². The van der Waals surface area contributed by atoms with Gasteiger partial charge in [0.25, 0.3) is 0 Å². The van der Waals surface area contributed by atoms with E-state index in [9.17, 15) is 19.2 Å². The van der Waals surface area contributed by atoms with Gasteiger partial charge in [0.15, 0.2) is 0 Å². The highest BCUT2D eigenvalue weighted by Crippen LogP contribution is 2.17. The van der Waals surface area contributed by atoms with Crippen LogP contribution in [0.5, 0.6) is 0 Å². The number of benzene rings is 1. The molecule has 1 aromatic heterocycles. The van der Waals surface area contributed by atoms with Crippen molar-refractivity contribution in [3.8, 4) is 0 Å². The Morgan fingerprint density at radius 2 is 1.71 bits per heavy atom. The van der Waals surface area contributed by atoms with Crippen molar-refractivity contribution in [3.05, 3.63) is 53.0 Å². The summed E-state index contributed by atoms with van der Waals surface area (Å²) in [6.45, 7) is 3.86. The predicted molar refractivity (Wildman–Crippen MR) is 126 cm³/mol. The van der Waals surface area contributed by atoms with Crippen LogP contribution in [0.2, 0.25) is 0 Å². The summed E-state index contributed by atoms with van der Waals surface area (Å²) in [5.74, 6) is -2.47. The standard InChI is InChI=1S/C24H29N5O5/c1-15-8-9-18(12-16(15)2)28-22(31)21(30)25-13-19-10-11-20(34-19)14-26-29-24(33)23(32)27-17-6-4-3-5-7-17/h8-12,14,17H,3-7,13H2,1-2H3,(H,25,30)(H,27,32)(H,28,31)(H,29,33)/b26-14+. The number of anilines is 1. The highest BCUT2D eigenvalue weighted by Gasteiger charge is 2.20. The number of nitrogens with one attached hydrogen (secondary N) is 4. The highest BCUT2D eigenvalue weighted by molar-refractivity contribution is 6.39. The summed E-state index contributed by atoms with van der Waals surface area (Å²) in [4.78, 5) is 47.9. The van der Waals surface area contributed by atoms with Crippen molar-refractivity contribution in [2.45, 2.75) is 58.5 Å². The van der Waals surface area contributed by atoms with Gasteiger partial charge in [-0.25, -0.2) is 5.43 Å². The van der Waals surface area contributed by atoms with E-state index in [2.05, 4.69) is 26.5 Å². The number of nitrogens with zero attached hydrogens (tertiary/aromatic N) is 1. The van der Waals surface area contributed by atoms with Crippen molar-refractivity contribution < 1.29 is 23.6 Å². The molecule has 0 atom stereocenters. The zero-order valence-corrected chi connectivity index (χ0v) is 19.3. The van der Waals surface area contributed by atoms with E-state index in [1.54, 1.807) is 24.3 Å².